The first-order valence-corrected chi connectivity index (χ1v) is 6.60. The summed E-state index contributed by atoms with van der Waals surface area (Å²) in [5.41, 5.74) is 1.33. The Bertz CT molecular complexity index is 359. The van der Waals surface area contributed by atoms with Crippen molar-refractivity contribution in [2.24, 2.45) is 5.92 Å². The minimum atomic E-state index is 0.501. The number of aryl methyl sites for hydroxylation is 1. The van der Waals surface area contributed by atoms with Gasteiger partial charge in [0.1, 0.15) is 5.82 Å². The zero-order valence-electron chi connectivity index (χ0n) is 10.1. The van der Waals surface area contributed by atoms with Crippen LogP contribution in [0.4, 0.5) is 0 Å². The fourth-order valence-corrected chi connectivity index (χ4v) is 2.63. The van der Waals surface area contributed by atoms with Crippen LogP contribution in [0.25, 0.3) is 0 Å². The van der Waals surface area contributed by atoms with E-state index in [1.54, 1.807) is 0 Å². The van der Waals surface area contributed by atoms with E-state index in [4.69, 9.17) is 0 Å². The molecule has 2 aliphatic rings. The average molecular weight is 219 g/mol. The van der Waals surface area contributed by atoms with Crippen LogP contribution in [-0.2, 0) is 6.54 Å². The lowest BCUT2D eigenvalue weighted by Gasteiger charge is -2.24. The van der Waals surface area contributed by atoms with Crippen molar-refractivity contribution in [2.75, 3.05) is 6.54 Å². The van der Waals surface area contributed by atoms with Crippen molar-refractivity contribution in [1.29, 1.82) is 0 Å². The maximum Gasteiger partial charge on any atom is 0.126 e. The van der Waals surface area contributed by atoms with Gasteiger partial charge in [0.15, 0.2) is 0 Å². The highest BCUT2D eigenvalue weighted by atomic mass is 15.1. The lowest BCUT2D eigenvalue weighted by atomic mass is 10.0. The molecule has 1 saturated heterocycles. The molecule has 1 aliphatic carbocycles. The van der Waals surface area contributed by atoms with Crippen LogP contribution in [-0.4, -0.2) is 16.1 Å². The van der Waals surface area contributed by atoms with E-state index in [2.05, 4.69) is 21.8 Å². The Morgan fingerprint density at radius 3 is 2.94 bits per heavy atom. The van der Waals surface area contributed by atoms with Crippen LogP contribution in [0.3, 0.4) is 0 Å². The molecule has 0 bridgehead atoms. The fourth-order valence-electron chi connectivity index (χ4n) is 2.63. The summed E-state index contributed by atoms with van der Waals surface area (Å²) in [5, 5.41) is 3.60. The Labute approximate surface area is 97.3 Å². The van der Waals surface area contributed by atoms with Crippen LogP contribution < -0.4 is 5.32 Å². The van der Waals surface area contributed by atoms with Gasteiger partial charge in [-0.05, 0) is 45.1 Å². The molecule has 2 heterocycles. The summed E-state index contributed by atoms with van der Waals surface area (Å²) in [6.07, 6.45) is 8.77. The third-order valence-electron chi connectivity index (χ3n) is 3.85. The molecule has 88 valence electrons. The molecule has 1 unspecified atom stereocenters. The van der Waals surface area contributed by atoms with Crippen molar-refractivity contribution >= 4 is 0 Å². The van der Waals surface area contributed by atoms with E-state index in [0.717, 1.165) is 12.5 Å². The molecule has 3 heteroatoms. The summed E-state index contributed by atoms with van der Waals surface area (Å²) in [7, 11) is 0. The Balaban J connectivity index is 1.80. The van der Waals surface area contributed by atoms with Gasteiger partial charge in [-0.2, -0.15) is 0 Å². The van der Waals surface area contributed by atoms with Gasteiger partial charge in [-0.3, -0.25) is 0 Å². The maximum atomic E-state index is 4.62. The number of piperidine rings is 1. The van der Waals surface area contributed by atoms with Crippen LogP contribution in [0.5, 0.6) is 0 Å². The normalized spacial score (nSPS) is 25.9. The lowest BCUT2D eigenvalue weighted by molar-refractivity contribution is 0.381. The lowest BCUT2D eigenvalue weighted by Crippen LogP contribution is -2.29. The van der Waals surface area contributed by atoms with Gasteiger partial charge in [-0.25, -0.2) is 4.98 Å². The second kappa shape index (κ2) is 4.21. The van der Waals surface area contributed by atoms with Crippen molar-refractivity contribution in [3.8, 4) is 0 Å². The summed E-state index contributed by atoms with van der Waals surface area (Å²) in [5.74, 6) is 2.21. The number of hydrogen-bond acceptors (Lipinski definition) is 2. The monoisotopic (exact) mass is 219 g/mol. The smallest absolute Gasteiger partial charge is 0.126 e. The number of aromatic nitrogens is 2. The zero-order chi connectivity index (χ0) is 11.0. The van der Waals surface area contributed by atoms with Crippen LogP contribution >= 0.6 is 0 Å². The highest BCUT2D eigenvalue weighted by molar-refractivity contribution is 5.09. The van der Waals surface area contributed by atoms with Gasteiger partial charge in [-0.15, -0.1) is 0 Å². The minimum Gasteiger partial charge on any atom is -0.331 e. The zero-order valence-corrected chi connectivity index (χ0v) is 10.1. The maximum absolute atomic E-state index is 4.62. The first-order valence-electron chi connectivity index (χ1n) is 6.60. The summed E-state index contributed by atoms with van der Waals surface area (Å²) in [6, 6.07) is 0.501. The molecular weight excluding hydrogens is 198 g/mol. The molecule has 0 radical (unpaired) electrons. The predicted molar refractivity (Wildman–Crippen MR) is 64.3 cm³/mol. The molecule has 2 fully saturated rings. The highest BCUT2D eigenvalue weighted by Gasteiger charge is 2.26. The Morgan fingerprint density at radius 2 is 2.25 bits per heavy atom. The van der Waals surface area contributed by atoms with Gasteiger partial charge < -0.3 is 9.88 Å². The van der Waals surface area contributed by atoms with Gasteiger partial charge >= 0.3 is 0 Å². The second-order valence-electron chi connectivity index (χ2n) is 5.31. The third-order valence-corrected chi connectivity index (χ3v) is 3.85. The molecule has 1 atom stereocenters. The molecule has 1 saturated carbocycles. The van der Waals surface area contributed by atoms with Crippen molar-refractivity contribution in [3.63, 3.8) is 0 Å². The molecule has 0 amide bonds. The number of rotatable bonds is 3. The molecule has 1 aromatic rings. The second-order valence-corrected chi connectivity index (χ2v) is 5.31. The van der Waals surface area contributed by atoms with Gasteiger partial charge in [0, 0.05) is 18.4 Å². The van der Waals surface area contributed by atoms with Crippen molar-refractivity contribution < 1.29 is 0 Å². The average Bonchev–Trinajstić information content (AvgIpc) is 3.06. The third kappa shape index (κ3) is 2.01. The van der Waals surface area contributed by atoms with E-state index in [9.17, 15) is 0 Å². The quantitative estimate of drug-likeness (QED) is 0.846. The van der Waals surface area contributed by atoms with Crippen molar-refractivity contribution in [1.82, 2.24) is 14.9 Å². The summed E-state index contributed by atoms with van der Waals surface area (Å²) in [6.45, 7) is 4.53. The number of nitrogens with zero attached hydrogens (tertiary/aromatic N) is 2. The van der Waals surface area contributed by atoms with Gasteiger partial charge in [-0.1, -0.05) is 6.42 Å². The van der Waals surface area contributed by atoms with Gasteiger partial charge in [0.05, 0.1) is 6.04 Å². The molecule has 1 N–H and O–H groups in total. The summed E-state index contributed by atoms with van der Waals surface area (Å²) < 4.78 is 2.45. The van der Waals surface area contributed by atoms with Crippen LogP contribution in [0.15, 0.2) is 6.20 Å². The fraction of sp³-hybridized carbons (Fsp3) is 0.769. The predicted octanol–water partition coefficient (Wildman–Crippen LogP) is 2.42. The van der Waals surface area contributed by atoms with Crippen LogP contribution in [0, 0.1) is 12.8 Å². The minimum absolute atomic E-state index is 0.501. The first kappa shape index (κ1) is 10.3. The molecule has 16 heavy (non-hydrogen) atoms. The topological polar surface area (TPSA) is 29.9 Å². The first-order chi connectivity index (χ1) is 7.84. The van der Waals surface area contributed by atoms with E-state index >= 15 is 0 Å². The van der Waals surface area contributed by atoms with E-state index in [0.29, 0.717) is 6.04 Å². The van der Waals surface area contributed by atoms with E-state index in [-0.39, 0.29) is 0 Å². The highest BCUT2D eigenvalue weighted by Crippen LogP contribution is 2.33. The molecule has 0 aromatic carbocycles. The largest absolute Gasteiger partial charge is 0.331 e. The molecule has 3 nitrogen and oxygen atoms in total. The van der Waals surface area contributed by atoms with E-state index in [1.807, 2.05) is 6.20 Å². The number of hydrogen-bond donors (Lipinski definition) is 1. The molecule has 1 aliphatic heterocycles. The summed E-state index contributed by atoms with van der Waals surface area (Å²) in [4.78, 5) is 4.62. The molecule has 1 aromatic heterocycles. The Kier molecular flexibility index (Phi) is 2.72. The van der Waals surface area contributed by atoms with Crippen molar-refractivity contribution in [3.05, 3.63) is 17.7 Å². The standard InChI is InChI=1S/C13H21N3/c1-10-8-15-13(12-4-2-3-7-14-12)16(10)9-11-5-6-11/h8,11-12,14H,2-7,9H2,1H3. The summed E-state index contributed by atoms with van der Waals surface area (Å²) >= 11 is 0. The van der Waals surface area contributed by atoms with Crippen molar-refractivity contribution in [2.45, 2.75) is 51.6 Å². The van der Waals surface area contributed by atoms with Gasteiger partial charge in [0.25, 0.3) is 0 Å². The molecule has 0 spiro atoms. The van der Waals surface area contributed by atoms with Gasteiger partial charge in [0.2, 0.25) is 0 Å². The molecule has 3 rings (SSSR count). The molecular formula is C13H21N3. The Morgan fingerprint density at radius 1 is 1.38 bits per heavy atom. The SMILES string of the molecule is Cc1cnc(C2CCCCN2)n1CC1CC1. The Hall–Kier alpha value is -0.830. The van der Waals surface area contributed by atoms with Crippen LogP contribution in [0.1, 0.15) is 49.7 Å². The number of nitrogens with one attached hydrogen (secondary N) is 1. The van der Waals surface area contributed by atoms with E-state index < -0.39 is 0 Å². The number of imidazole rings is 1. The van der Waals surface area contributed by atoms with Crippen LogP contribution in [0.2, 0.25) is 0 Å². The van der Waals surface area contributed by atoms with E-state index in [1.165, 1.54) is 50.2 Å².